The van der Waals surface area contributed by atoms with Crippen LogP contribution in [0.2, 0.25) is 0 Å². The number of rotatable bonds is 5. The zero-order valence-corrected chi connectivity index (χ0v) is 19.6. The number of halogens is 1. The molecule has 5 rings (SSSR count). The number of hydrogen-bond acceptors (Lipinski definition) is 5. The Morgan fingerprint density at radius 2 is 1.78 bits per heavy atom. The van der Waals surface area contributed by atoms with Crippen molar-refractivity contribution in [3.05, 3.63) is 88.5 Å². The average molecular weight is 487 g/mol. The third-order valence-electron chi connectivity index (χ3n) is 6.23. The number of pyridine rings is 1. The van der Waals surface area contributed by atoms with E-state index in [-0.39, 0.29) is 11.7 Å². The van der Waals surface area contributed by atoms with E-state index in [2.05, 4.69) is 10.1 Å². The molecule has 11 heteroatoms. The number of urea groups is 1. The van der Waals surface area contributed by atoms with E-state index in [1.807, 2.05) is 0 Å². The number of aryl methyl sites for hydroxylation is 1. The van der Waals surface area contributed by atoms with Gasteiger partial charge in [0.15, 0.2) is 0 Å². The van der Waals surface area contributed by atoms with Gasteiger partial charge in [-0.2, -0.15) is 5.10 Å². The molecular weight excluding hydrogens is 465 g/mol. The minimum atomic E-state index is -0.577. The van der Waals surface area contributed by atoms with Crippen molar-refractivity contribution in [3.63, 3.8) is 0 Å². The van der Waals surface area contributed by atoms with Crippen LogP contribution in [0.4, 0.5) is 20.7 Å². The molecule has 4 aromatic rings. The number of nitrogens with two attached hydrogens (primary N) is 1. The molecule has 3 amide bonds. The number of hydrogen-bond donors (Lipinski definition) is 1. The highest BCUT2D eigenvalue weighted by atomic mass is 19.1. The molecule has 10 nitrogen and oxygen atoms in total. The van der Waals surface area contributed by atoms with Gasteiger partial charge < -0.3 is 5.73 Å². The van der Waals surface area contributed by atoms with Gasteiger partial charge in [0, 0.05) is 48.7 Å². The third kappa shape index (κ3) is 3.80. The van der Waals surface area contributed by atoms with Crippen LogP contribution >= 0.6 is 0 Å². The van der Waals surface area contributed by atoms with Gasteiger partial charge in [0.25, 0.3) is 0 Å². The highest BCUT2D eigenvalue weighted by molar-refractivity contribution is 6.07. The Bertz CT molecular complexity index is 1580. The molecule has 0 saturated carbocycles. The number of nitrogens with zero attached hydrogens (tertiary/aromatic N) is 6. The Labute approximate surface area is 205 Å². The molecule has 0 atom stereocenters. The number of amides is 3. The number of carbonyl (C=O) groups is 2. The summed E-state index contributed by atoms with van der Waals surface area (Å²) in [6, 6.07) is 12.4. The van der Waals surface area contributed by atoms with Crippen LogP contribution in [0, 0.1) is 12.7 Å². The predicted octanol–water partition coefficient (Wildman–Crippen LogP) is 2.63. The van der Waals surface area contributed by atoms with Crippen molar-refractivity contribution in [2.75, 3.05) is 22.9 Å². The Morgan fingerprint density at radius 3 is 2.47 bits per heavy atom. The maximum atomic E-state index is 15.2. The van der Waals surface area contributed by atoms with E-state index in [0.29, 0.717) is 52.5 Å². The molecule has 1 aliphatic heterocycles. The molecule has 2 N–H and O–H groups in total. The summed E-state index contributed by atoms with van der Waals surface area (Å²) in [5, 5.41) is 3.89. The molecular formula is C25H22FN7O3. The van der Waals surface area contributed by atoms with Gasteiger partial charge in [0.1, 0.15) is 18.0 Å². The van der Waals surface area contributed by atoms with Crippen LogP contribution in [0.3, 0.4) is 0 Å². The van der Waals surface area contributed by atoms with Crippen molar-refractivity contribution in [2.45, 2.75) is 6.92 Å². The van der Waals surface area contributed by atoms with Gasteiger partial charge in [0.2, 0.25) is 5.91 Å². The molecule has 182 valence electrons. The van der Waals surface area contributed by atoms with E-state index < -0.39 is 11.7 Å². The third-order valence-corrected chi connectivity index (χ3v) is 6.23. The number of carbonyl (C=O) groups excluding carboxylic acids is 2. The molecule has 0 aliphatic carbocycles. The summed E-state index contributed by atoms with van der Waals surface area (Å²) < 4.78 is 17.6. The SMILES string of the molecule is Cc1c(-c2ccc(-n3cnn(C)c3=O)cc2F)ccnc1N1CCN(c2cccc(C(N)=O)c2)C1=O. The van der Waals surface area contributed by atoms with Gasteiger partial charge in [-0.15, -0.1) is 0 Å². The fourth-order valence-corrected chi connectivity index (χ4v) is 4.32. The van der Waals surface area contributed by atoms with Gasteiger partial charge in [-0.25, -0.2) is 28.2 Å². The van der Waals surface area contributed by atoms with Crippen LogP contribution in [-0.2, 0) is 7.05 Å². The minimum Gasteiger partial charge on any atom is -0.366 e. The fraction of sp³-hybridized carbons (Fsp3) is 0.160. The molecule has 1 fully saturated rings. The van der Waals surface area contributed by atoms with E-state index in [1.165, 1.54) is 35.1 Å². The first-order valence-electron chi connectivity index (χ1n) is 11.1. The molecule has 2 aromatic heterocycles. The first kappa shape index (κ1) is 23.0. The van der Waals surface area contributed by atoms with Crippen LogP contribution in [-0.4, -0.2) is 44.4 Å². The van der Waals surface area contributed by atoms with E-state index in [1.54, 1.807) is 54.3 Å². The van der Waals surface area contributed by atoms with Gasteiger partial charge in [-0.1, -0.05) is 6.07 Å². The summed E-state index contributed by atoms with van der Waals surface area (Å²) >= 11 is 0. The Kier molecular flexibility index (Phi) is 5.59. The maximum Gasteiger partial charge on any atom is 0.350 e. The Hall–Kier alpha value is -4.80. The van der Waals surface area contributed by atoms with Crippen molar-refractivity contribution in [1.82, 2.24) is 19.3 Å². The second kappa shape index (κ2) is 8.77. The monoisotopic (exact) mass is 487 g/mol. The quantitative estimate of drug-likeness (QED) is 0.464. The molecule has 2 aromatic carbocycles. The smallest absolute Gasteiger partial charge is 0.350 e. The van der Waals surface area contributed by atoms with Gasteiger partial charge in [-0.3, -0.25) is 14.6 Å². The molecule has 0 radical (unpaired) electrons. The lowest BCUT2D eigenvalue weighted by Gasteiger charge is -2.21. The van der Waals surface area contributed by atoms with Crippen molar-refractivity contribution in [3.8, 4) is 16.8 Å². The second-order valence-corrected chi connectivity index (χ2v) is 8.38. The molecule has 36 heavy (non-hydrogen) atoms. The van der Waals surface area contributed by atoms with E-state index in [9.17, 15) is 14.4 Å². The first-order valence-corrected chi connectivity index (χ1v) is 11.1. The van der Waals surface area contributed by atoms with Crippen molar-refractivity contribution >= 4 is 23.4 Å². The molecule has 0 spiro atoms. The average Bonchev–Trinajstić information content (AvgIpc) is 3.41. The highest BCUT2D eigenvalue weighted by Crippen LogP contribution is 2.33. The van der Waals surface area contributed by atoms with Crippen LogP contribution in [0.15, 0.2) is 65.8 Å². The molecule has 0 bridgehead atoms. The van der Waals surface area contributed by atoms with Gasteiger partial charge >= 0.3 is 11.7 Å². The number of primary amides is 1. The minimum absolute atomic E-state index is 0.308. The van der Waals surface area contributed by atoms with Crippen molar-refractivity contribution < 1.29 is 14.0 Å². The zero-order chi connectivity index (χ0) is 25.6. The lowest BCUT2D eigenvalue weighted by atomic mass is 10.0. The van der Waals surface area contributed by atoms with Crippen molar-refractivity contribution in [2.24, 2.45) is 12.8 Å². The number of benzene rings is 2. The van der Waals surface area contributed by atoms with Crippen LogP contribution < -0.4 is 21.2 Å². The topological polar surface area (TPSA) is 119 Å². The van der Waals surface area contributed by atoms with E-state index >= 15 is 4.39 Å². The summed E-state index contributed by atoms with van der Waals surface area (Å²) in [6.07, 6.45) is 2.86. The first-order chi connectivity index (χ1) is 17.3. The number of aromatic nitrogens is 4. The van der Waals surface area contributed by atoms with E-state index in [4.69, 9.17) is 5.73 Å². The molecule has 0 unspecified atom stereocenters. The molecule has 1 aliphatic rings. The van der Waals surface area contributed by atoms with Crippen LogP contribution in [0.1, 0.15) is 15.9 Å². The summed E-state index contributed by atoms with van der Waals surface area (Å²) in [7, 11) is 1.51. The lowest BCUT2D eigenvalue weighted by molar-refractivity contribution is 0.1000. The standard InChI is InChI=1S/C25H22FN7O3/c1-15-19(20-7-6-18(13-21(20)26)33-14-29-30(2)24(33)35)8-9-28-23(15)32-11-10-31(25(32)36)17-5-3-4-16(12-17)22(27)34/h3-9,12-14H,10-11H2,1-2H3,(H2,27,34). The summed E-state index contributed by atoms with van der Waals surface area (Å²) in [6.45, 7) is 2.53. The van der Waals surface area contributed by atoms with Gasteiger partial charge in [-0.05, 0) is 55.0 Å². The van der Waals surface area contributed by atoms with E-state index in [0.717, 1.165) is 4.68 Å². The maximum absolute atomic E-state index is 15.2. The van der Waals surface area contributed by atoms with Gasteiger partial charge in [0.05, 0.1) is 5.69 Å². The van der Waals surface area contributed by atoms with Crippen LogP contribution in [0.5, 0.6) is 0 Å². The normalized spacial score (nSPS) is 13.5. The molecule has 3 heterocycles. The largest absolute Gasteiger partial charge is 0.366 e. The summed E-state index contributed by atoms with van der Waals surface area (Å²) in [5.41, 5.74) is 7.72. The van der Waals surface area contributed by atoms with Crippen molar-refractivity contribution in [1.29, 1.82) is 0 Å². The second-order valence-electron chi connectivity index (χ2n) is 8.38. The molecule has 1 saturated heterocycles. The number of anilines is 2. The van der Waals surface area contributed by atoms with Crippen LogP contribution in [0.25, 0.3) is 16.8 Å². The predicted molar refractivity (Wildman–Crippen MR) is 132 cm³/mol. The Morgan fingerprint density at radius 1 is 1.00 bits per heavy atom. The lowest BCUT2D eigenvalue weighted by Crippen LogP contribution is -2.32. The summed E-state index contributed by atoms with van der Waals surface area (Å²) in [4.78, 5) is 44.5. The zero-order valence-electron chi connectivity index (χ0n) is 19.6. The fourth-order valence-electron chi connectivity index (χ4n) is 4.32. The highest BCUT2D eigenvalue weighted by Gasteiger charge is 2.33. The Balaban J connectivity index is 1.47. The summed E-state index contributed by atoms with van der Waals surface area (Å²) in [5.74, 6) is -0.689.